The Bertz CT molecular complexity index is 1100. The summed E-state index contributed by atoms with van der Waals surface area (Å²) in [5.41, 5.74) is -1.32. The Morgan fingerprint density at radius 1 is 1.21 bits per heavy atom. The highest BCUT2D eigenvalue weighted by Crippen LogP contribution is 2.24. The van der Waals surface area contributed by atoms with E-state index in [1.807, 2.05) is 0 Å². The second kappa shape index (κ2) is 6.17. The molecule has 2 heterocycles. The molecule has 0 saturated carbocycles. The van der Waals surface area contributed by atoms with Gasteiger partial charge in [-0.15, -0.1) is 0 Å². The van der Waals surface area contributed by atoms with Crippen molar-refractivity contribution in [2.75, 3.05) is 0 Å². The number of benzene rings is 1. The van der Waals surface area contributed by atoms with Gasteiger partial charge in [-0.1, -0.05) is 34.1 Å². The van der Waals surface area contributed by atoms with E-state index in [9.17, 15) is 19.5 Å². The lowest BCUT2D eigenvalue weighted by Gasteiger charge is -2.12. The molecule has 3 rings (SSSR count). The largest absolute Gasteiger partial charge is 0.388 e. The Kier molecular flexibility index (Phi) is 4.20. The average molecular weight is 393 g/mol. The molecule has 2 aromatic heterocycles. The zero-order valence-corrected chi connectivity index (χ0v) is 14.1. The number of aliphatic hydroxyl groups is 1. The molecule has 9 heteroatoms. The Morgan fingerprint density at radius 2 is 1.92 bits per heavy atom. The molecule has 1 atom stereocenters. The Hall–Kier alpha value is -2.52. The van der Waals surface area contributed by atoms with Gasteiger partial charge >= 0.3 is 5.69 Å². The number of nitrogens with zero attached hydrogens (tertiary/aromatic N) is 2. The summed E-state index contributed by atoms with van der Waals surface area (Å²) in [4.78, 5) is 44.3. The molecule has 0 fully saturated rings. The van der Waals surface area contributed by atoms with Gasteiger partial charge in [0.2, 0.25) is 0 Å². The molecule has 3 aromatic rings. The van der Waals surface area contributed by atoms with Gasteiger partial charge in [0.15, 0.2) is 5.52 Å². The number of aliphatic hydroxyl groups excluding tert-OH is 1. The molecule has 0 amide bonds. The predicted octanol–water partition coefficient (Wildman–Crippen LogP) is 0.349. The molecule has 0 unspecified atom stereocenters. The lowest BCUT2D eigenvalue weighted by atomic mass is 10.1. The number of aryl methyl sites for hydroxylation is 1. The van der Waals surface area contributed by atoms with E-state index in [1.165, 1.54) is 7.05 Å². The van der Waals surface area contributed by atoms with Gasteiger partial charge < -0.3 is 10.1 Å². The van der Waals surface area contributed by atoms with E-state index in [0.717, 1.165) is 4.57 Å². The third-order valence-electron chi connectivity index (χ3n) is 3.69. The van der Waals surface area contributed by atoms with Crippen LogP contribution in [0.2, 0.25) is 0 Å². The monoisotopic (exact) mass is 392 g/mol. The maximum atomic E-state index is 12.2. The van der Waals surface area contributed by atoms with Gasteiger partial charge in [0.25, 0.3) is 11.1 Å². The molecule has 0 aliphatic carbocycles. The van der Waals surface area contributed by atoms with E-state index < -0.39 is 22.9 Å². The fourth-order valence-electron chi connectivity index (χ4n) is 2.40. The number of aromatic nitrogens is 4. The molecule has 0 radical (unpaired) electrons. The predicted molar refractivity (Wildman–Crippen MR) is 91.0 cm³/mol. The van der Waals surface area contributed by atoms with Crippen molar-refractivity contribution in [1.82, 2.24) is 19.5 Å². The van der Waals surface area contributed by atoms with Crippen molar-refractivity contribution in [3.8, 4) is 0 Å². The van der Waals surface area contributed by atoms with E-state index in [-0.39, 0.29) is 23.3 Å². The molecule has 3 N–H and O–H groups in total. The first-order valence-corrected chi connectivity index (χ1v) is 7.82. The van der Waals surface area contributed by atoms with Gasteiger partial charge in [-0.05, 0) is 11.6 Å². The standard InChI is InChI=1S/C15H13BrN4O4/c1-20-12-11(14(23)19-15(20)24)17-9(13(22)18-12)6-10(21)7-4-2-3-5-8(7)16/h2-5,10,21H,6H2,1H3,(H,18,22)(H,19,23,24)/t10-/m1/s1. The van der Waals surface area contributed by atoms with Crippen LogP contribution in [0.3, 0.4) is 0 Å². The quantitative estimate of drug-likeness (QED) is 0.593. The first kappa shape index (κ1) is 16.3. The van der Waals surface area contributed by atoms with E-state index in [4.69, 9.17) is 0 Å². The number of hydrogen-bond acceptors (Lipinski definition) is 5. The van der Waals surface area contributed by atoms with Crippen molar-refractivity contribution in [2.24, 2.45) is 7.05 Å². The van der Waals surface area contributed by atoms with Crippen LogP contribution in [0.1, 0.15) is 17.4 Å². The maximum Gasteiger partial charge on any atom is 0.329 e. The summed E-state index contributed by atoms with van der Waals surface area (Å²) < 4.78 is 1.80. The molecule has 0 aliphatic rings. The summed E-state index contributed by atoms with van der Waals surface area (Å²) in [6.07, 6.45) is -1.05. The third kappa shape index (κ3) is 2.83. The SMILES string of the molecule is Cn1c(=O)[nH]c(=O)c2nc(C[C@@H](O)c3ccccc3Br)c(=O)[nH]c21. The molecule has 0 spiro atoms. The van der Waals surface area contributed by atoms with Crippen LogP contribution in [-0.4, -0.2) is 24.6 Å². The van der Waals surface area contributed by atoms with Crippen molar-refractivity contribution < 1.29 is 5.11 Å². The van der Waals surface area contributed by atoms with Gasteiger partial charge in [0.05, 0.1) is 6.10 Å². The van der Waals surface area contributed by atoms with Crippen molar-refractivity contribution >= 4 is 27.1 Å². The van der Waals surface area contributed by atoms with Crippen molar-refractivity contribution in [1.29, 1.82) is 0 Å². The van der Waals surface area contributed by atoms with Crippen molar-refractivity contribution in [3.05, 3.63) is 71.2 Å². The molecule has 0 bridgehead atoms. The Balaban J connectivity index is 2.10. The van der Waals surface area contributed by atoms with Crippen LogP contribution in [-0.2, 0) is 13.5 Å². The smallest absolute Gasteiger partial charge is 0.329 e. The topological polar surface area (TPSA) is 121 Å². The van der Waals surface area contributed by atoms with Crippen LogP contribution < -0.4 is 16.8 Å². The zero-order valence-electron chi connectivity index (χ0n) is 12.5. The number of rotatable bonds is 3. The fourth-order valence-corrected chi connectivity index (χ4v) is 2.95. The van der Waals surface area contributed by atoms with Gasteiger partial charge in [-0.25, -0.2) is 9.78 Å². The minimum atomic E-state index is -0.974. The van der Waals surface area contributed by atoms with Gasteiger partial charge in [-0.2, -0.15) is 0 Å². The highest BCUT2D eigenvalue weighted by Gasteiger charge is 2.17. The van der Waals surface area contributed by atoms with Crippen LogP contribution in [0.5, 0.6) is 0 Å². The minimum Gasteiger partial charge on any atom is -0.388 e. The second-order valence-corrected chi connectivity index (χ2v) is 6.12. The van der Waals surface area contributed by atoms with Crippen LogP contribution >= 0.6 is 15.9 Å². The van der Waals surface area contributed by atoms with Gasteiger partial charge in [-0.3, -0.25) is 19.1 Å². The molecule has 124 valence electrons. The normalized spacial score (nSPS) is 12.5. The van der Waals surface area contributed by atoms with Crippen LogP contribution in [0.15, 0.2) is 43.1 Å². The third-order valence-corrected chi connectivity index (χ3v) is 4.41. The summed E-state index contributed by atoms with van der Waals surface area (Å²) >= 11 is 3.34. The highest BCUT2D eigenvalue weighted by molar-refractivity contribution is 9.10. The summed E-state index contributed by atoms with van der Waals surface area (Å²) in [6, 6.07) is 7.07. The van der Waals surface area contributed by atoms with E-state index in [2.05, 4.69) is 30.9 Å². The van der Waals surface area contributed by atoms with Crippen LogP contribution in [0, 0.1) is 0 Å². The molecule has 8 nitrogen and oxygen atoms in total. The van der Waals surface area contributed by atoms with Gasteiger partial charge in [0.1, 0.15) is 11.3 Å². The summed E-state index contributed by atoms with van der Waals surface area (Å²) in [6.45, 7) is 0. The summed E-state index contributed by atoms with van der Waals surface area (Å²) in [5.74, 6) is 0. The average Bonchev–Trinajstić information content (AvgIpc) is 2.54. The molecule has 24 heavy (non-hydrogen) atoms. The number of aromatic amines is 2. The minimum absolute atomic E-state index is 0.00917. The lowest BCUT2D eigenvalue weighted by Crippen LogP contribution is -2.32. The van der Waals surface area contributed by atoms with Crippen LogP contribution in [0.4, 0.5) is 0 Å². The van der Waals surface area contributed by atoms with Crippen molar-refractivity contribution in [2.45, 2.75) is 12.5 Å². The Labute approximate surface area is 142 Å². The second-order valence-electron chi connectivity index (χ2n) is 5.27. The number of fused-ring (bicyclic) bond motifs is 1. The number of nitrogens with one attached hydrogen (secondary N) is 2. The van der Waals surface area contributed by atoms with Crippen molar-refractivity contribution in [3.63, 3.8) is 0 Å². The molecule has 0 saturated heterocycles. The summed E-state index contributed by atoms with van der Waals surface area (Å²) in [7, 11) is 1.41. The number of halogens is 1. The Morgan fingerprint density at radius 3 is 2.62 bits per heavy atom. The summed E-state index contributed by atoms with van der Waals surface area (Å²) in [5, 5.41) is 10.4. The number of hydrogen-bond donors (Lipinski definition) is 3. The van der Waals surface area contributed by atoms with Crippen LogP contribution in [0.25, 0.3) is 11.2 Å². The van der Waals surface area contributed by atoms with E-state index >= 15 is 0 Å². The maximum absolute atomic E-state index is 12.2. The molecule has 0 aliphatic heterocycles. The van der Waals surface area contributed by atoms with Gasteiger partial charge in [0, 0.05) is 17.9 Å². The zero-order chi connectivity index (χ0) is 17.4. The first-order chi connectivity index (χ1) is 11.4. The number of H-pyrrole nitrogens is 2. The van der Waals surface area contributed by atoms with E-state index in [1.54, 1.807) is 24.3 Å². The molecular weight excluding hydrogens is 380 g/mol. The fraction of sp³-hybridized carbons (Fsp3) is 0.200. The lowest BCUT2D eigenvalue weighted by molar-refractivity contribution is 0.176. The molecule has 1 aromatic carbocycles. The highest BCUT2D eigenvalue weighted by atomic mass is 79.9. The molecular formula is C15H13BrN4O4. The first-order valence-electron chi connectivity index (χ1n) is 7.03. The van der Waals surface area contributed by atoms with E-state index in [0.29, 0.717) is 10.0 Å².